The van der Waals surface area contributed by atoms with Gasteiger partial charge in [-0.15, -0.1) is 0 Å². The number of aryl methyl sites for hydroxylation is 2. The molecule has 0 aliphatic heterocycles. The van der Waals surface area contributed by atoms with Crippen molar-refractivity contribution in [1.82, 2.24) is 15.1 Å². The summed E-state index contributed by atoms with van der Waals surface area (Å²) in [5, 5.41) is 16.0. The van der Waals surface area contributed by atoms with Gasteiger partial charge in [-0.3, -0.25) is 14.3 Å². The molecule has 6 nitrogen and oxygen atoms in total. The molecule has 0 spiro atoms. The Morgan fingerprint density at radius 2 is 2.05 bits per heavy atom. The summed E-state index contributed by atoms with van der Waals surface area (Å²) >= 11 is 0. The second kappa shape index (κ2) is 6.07. The lowest BCUT2D eigenvalue weighted by atomic mass is 9.84. The van der Waals surface area contributed by atoms with E-state index >= 15 is 0 Å². The Morgan fingerprint density at radius 3 is 2.45 bits per heavy atom. The third-order valence-corrected chi connectivity index (χ3v) is 2.95. The Morgan fingerprint density at radius 1 is 1.45 bits per heavy atom. The molecular formula is C14H23N3O3. The standard InChI is InChI=1S/C14H23N3O3/c1-9-6-11(17(5)16-9)12(18)15-8-10(13(19)20)7-14(2,3)4/h6,10H,7-8H2,1-5H3,(H,15,18)(H,19,20). The third-order valence-electron chi connectivity index (χ3n) is 2.95. The highest BCUT2D eigenvalue weighted by Gasteiger charge is 2.25. The van der Waals surface area contributed by atoms with Gasteiger partial charge in [-0.25, -0.2) is 0 Å². The molecule has 0 radical (unpaired) electrons. The smallest absolute Gasteiger partial charge is 0.308 e. The van der Waals surface area contributed by atoms with E-state index in [0.29, 0.717) is 12.1 Å². The number of carbonyl (C=O) groups is 2. The van der Waals surface area contributed by atoms with Crippen molar-refractivity contribution in [1.29, 1.82) is 0 Å². The fourth-order valence-electron chi connectivity index (χ4n) is 2.12. The maximum Gasteiger partial charge on any atom is 0.308 e. The minimum absolute atomic E-state index is 0.100. The molecule has 1 aromatic heterocycles. The SMILES string of the molecule is Cc1cc(C(=O)NCC(CC(C)(C)C)C(=O)O)n(C)n1. The Labute approximate surface area is 119 Å². The van der Waals surface area contributed by atoms with Gasteiger partial charge < -0.3 is 10.4 Å². The summed E-state index contributed by atoms with van der Waals surface area (Å²) in [4.78, 5) is 23.2. The molecule has 1 amide bonds. The molecule has 1 aromatic rings. The van der Waals surface area contributed by atoms with E-state index in [2.05, 4.69) is 10.4 Å². The van der Waals surface area contributed by atoms with E-state index in [-0.39, 0.29) is 17.9 Å². The zero-order chi connectivity index (χ0) is 15.5. The van der Waals surface area contributed by atoms with Crippen LogP contribution in [-0.2, 0) is 11.8 Å². The number of nitrogens with zero attached hydrogens (tertiary/aromatic N) is 2. The van der Waals surface area contributed by atoms with E-state index in [4.69, 9.17) is 0 Å². The second-order valence-corrected chi connectivity index (χ2v) is 6.30. The molecular weight excluding hydrogens is 258 g/mol. The fraction of sp³-hybridized carbons (Fsp3) is 0.643. The highest BCUT2D eigenvalue weighted by Crippen LogP contribution is 2.24. The number of amides is 1. The van der Waals surface area contributed by atoms with Crippen LogP contribution in [-0.4, -0.2) is 33.3 Å². The lowest BCUT2D eigenvalue weighted by Gasteiger charge is -2.23. The predicted octanol–water partition coefficient (Wildman–Crippen LogP) is 1.60. The Balaban J connectivity index is 2.66. The van der Waals surface area contributed by atoms with Gasteiger partial charge in [0.15, 0.2) is 0 Å². The zero-order valence-corrected chi connectivity index (χ0v) is 12.7. The molecule has 0 aromatic carbocycles. The van der Waals surface area contributed by atoms with Crippen molar-refractivity contribution >= 4 is 11.9 Å². The van der Waals surface area contributed by atoms with Crippen LogP contribution in [0.25, 0.3) is 0 Å². The molecule has 0 aliphatic carbocycles. The molecule has 0 aliphatic rings. The number of aliphatic carboxylic acids is 1. The summed E-state index contributed by atoms with van der Waals surface area (Å²) in [5.41, 5.74) is 1.08. The number of carboxylic acids is 1. The van der Waals surface area contributed by atoms with Gasteiger partial charge in [0.1, 0.15) is 5.69 Å². The van der Waals surface area contributed by atoms with E-state index in [1.165, 1.54) is 4.68 Å². The van der Waals surface area contributed by atoms with Gasteiger partial charge in [-0.1, -0.05) is 20.8 Å². The third kappa shape index (κ3) is 4.68. The van der Waals surface area contributed by atoms with Crippen LogP contribution in [0, 0.1) is 18.3 Å². The molecule has 20 heavy (non-hydrogen) atoms. The molecule has 112 valence electrons. The molecule has 2 N–H and O–H groups in total. The van der Waals surface area contributed by atoms with Gasteiger partial charge >= 0.3 is 5.97 Å². The minimum Gasteiger partial charge on any atom is -0.481 e. The van der Waals surface area contributed by atoms with E-state index < -0.39 is 11.9 Å². The Bertz CT molecular complexity index is 500. The van der Waals surface area contributed by atoms with E-state index in [0.717, 1.165) is 5.69 Å². The fourth-order valence-corrected chi connectivity index (χ4v) is 2.12. The van der Waals surface area contributed by atoms with Crippen molar-refractivity contribution in [3.05, 3.63) is 17.5 Å². The lowest BCUT2D eigenvalue weighted by Crippen LogP contribution is -2.35. The van der Waals surface area contributed by atoms with Crippen molar-refractivity contribution in [2.45, 2.75) is 34.1 Å². The maximum atomic E-state index is 12.0. The molecule has 0 fully saturated rings. The second-order valence-electron chi connectivity index (χ2n) is 6.30. The molecule has 0 bridgehead atoms. The summed E-state index contributed by atoms with van der Waals surface area (Å²) in [5.74, 6) is -1.78. The lowest BCUT2D eigenvalue weighted by molar-refractivity contribution is -0.142. The quantitative estimate of drug-likeness (QED) is 0.858. The van der Waals surface area contributed by atoms with Gasteiger partial charge in [-0.05, 0) is 24.8 Å². The first-order chi connectivity index (χ1) is 9.10. The molecule has 0 saturated heterocycles. The highest BCUT2D eigenvalue weighted by molar-refractivity contribution is 5.92. The van der Waals surface area contributed by atoms with Gasteiger partial charge in [-0.2, -0.15) is 5.10 Å². The largest absolute Gasteiger partial charge is 0.481 e. The van der Waals surface area contributed by atoms with Gasteiger partial charge in [0.2, 0.25) is 0 Å². The number of hydrogen-bond acceptors (Lipinski definition) is 3. The summed E-state index contributed by atoms with van der Waals surface area (Å²) in [7, 11) is 1.69. The topological polar surface area (TPSA) is 84.2 Å². The Hall–Kier alpha value is -1.85. The molecule has 1 atom stereocenters. The first-order valence-electron chi connectivity index (χ1n) is 6.62. The molecule has 1 rings (SSSR count). The first kappa shape index (κ1) is 16.2. The average molecular weight is 281 g/mol. The van der Waals surface area contributed by atoms with Crippen LogP contribution in [0.15, 0.2) is 6.07 Å². The minimum atomic E-state index is -0.888. The summed E-state index contributed by atoms with van der Waals surface area (Å²) in [6.45, 7) is 7.87. The number of nitrogens with one attached hydrogen (secondary N) is 1. The van der Waals surface area contributed by atoms with Crippen molar-refractivity contribution in [2.75, 3.05) is 6.54 Å². The number of aromatic nitrogens is 2. The number of rotatable bonds is 5. The van der Waals surface area contributed by atoms with Crippen LogP contribution in [0.2, 0.25) is 0 Å². The van der Waals surface area contributed by atoms with Crippen LogP contribution >= 0.6 is 0 Å². The van der Waals surface area contributed by atoms with Crippen molar-refractivity contribution in [3.8, 4) is 0 Å². The maximum absolute atomic E-state index is 12.0. The predicted molar refractivity (Wildman–Crippen MR) is 75.5 cm³/mol. The van der Waals surface area contributed by atoms with Crippen LogP contribution in [0.5, 0.6) is 0 Å². The molecule has 0 saturated carbocycles. The van der Waals surface area contributed by atoms with E-state index in [1.54, 1.807) is 20.0 Å². The van der Waals surface area contributed by atoms with Crippen molar-refractivity contribution < 1.29 is 14.7 Å². The summed E-state index contributed by atoms with van der Waals surface area (Å²) in [6, 6.07) is 1.68. The van der Waals surface area contributed by atoms with Crippen LogP contribution < -0.4 is 5.32 Å². The number of hydrogen-bond donors (Lipinski definition) is 2. The molecule has 1 unspecified atom stereocenters. The monoisotopic (exact) mass is 281 g/mol. The highest BCUT2D eigenvalue weighted by atomic mass is 16.4. The van der Waals surface area contributed by atoms with E-state index in [1.807, 2.05) is 20.8 Å². The van der Waals surface area contributed by atoms with Crippen LogP contribution in [0.1, 0.15) is 43.4 Å². The van der Waals surface area contributed by atoms with Crippen molar-refractivity contribution in [2.24, 2.45) is 18.4 Å². The van der Waals surface area contributed by atoms with Crippen molar-refractivity contribution in [3.63, 3.8) is 0 Å². The van der Waals surface area contributed by atoms with Gasteiger partial charge in [0.05, 0.1) is 11.6 Å². The van der Waals surface area contributed by atoms with Gasteiger partial charge in [0.25, 0.3) is 5.91 Å². The number of carboxylic acid groups (broad SMARTS) is 1. The summed E-state index contributed by atoms with van der Waals surface area (Å²) in [6.07, 6.45) is 0.507. The van der Waals surface area contributed by atoms with Crippen LogP contribution in [0.3, 0.4) is 0 Å². The number of carbonyl (C=O) groups excluding carboxylic acids is 1. The molecule has 1 heterocycles. The first-order valence-corrected chi connectivity index (χ1v) is 6.62. The Kier molecular flexibility index (Phi) is 4.92. The van der Waals surface area contributed by atoms with Gasteiger partial charge in [0, 0.05) is 13.6 Å². The molecule has 6 heteroatoms. The zero-order valence-electron chi connectivity index (χ0n) is 12.7. The van der Waals surface area contributed by atoms with E-state index in [9.17, 15) is 14.7 Å². The summed E-state index contributed by atoms with van der Waals surface area (Å²) < 4.78 is 1.49. The average Bonchev–Trinajstić information content (AvgIpc) is 2.61. The van der Waals surface area contributed by atoms with Crippen LogP contribution in [0.4, 0.5) is 0 Å². The normalized spacial score (nSPS) is 13.1.